The van der Waals surface area contributed by atoms with Crippen molar-refractivity contribution in [2.45, 2.75) is 129 Å². The van der Waals surface area contributed by atoms with E-state index < -0.39 is 16.6 Å². The van der Waals surface area contributed by atoms with E-state index >= 15 is 0 Å². The third kappa shape index (κ3) is 5.58. The number of esters is 1. The van der Waals surface area contributed by atoms with Crippen molar-refractivity contribution in [1.82, 2.24) is 4.23 Å². The van der Waals surface area contributed by atoms with Crippen LogP contribution in [0.4, 0.5) is 0 Å². The van der Waals surface area contributed by atoms with Gasteiger partial charge in [-0.2, -0.15) is 0 Å². The van der Waals surface area contributed by atoms with E-state index in [0.717, 1.165) is 5.75 Å². The molecule has 0 saturated heterocycles. The minimum Gasteiger partial charge on any atom is -0.542 e. The topological polar surface area (TPSA) is 40.5 Å². The molecule has 6 heteroatoms. The fraction of sp³-hybridized carbons (Fsp3) is 0.656. The van der Waals surface area contributed by atoms with Crippen LogP contribution in [0.2, 0.25) is 33.2 Å². The van der Waals surface area contributed by atoms with E-state index in [9.17, 15) is 4.79 Å². The van der Waals surface area contributed by atoms with Crippen molar-refractivity contribution in [2.75, 3.05) is 7.11 Å². The number of carbonyl (C=O) groups is 1. The molecular formula is C32H55NO3Si2. The van der Waals surface area contributed by atoms with E-state index in [-0.39, 0.29) is 11.9 Å². The number of fused-ring (bicyclic) bond motifs is 1. The molecule has 0 aliphatic rings. The lowest BCUT2D eigenvalue weighted by Gasteiger charge is -2.44. The van der Waals surface area contributed by atoms with Crippen molar-refractivity contribution in [3.63, 3.8) is 0 Å². The standard InChI is InChI=1S/C32H55NO3Si2/c1-21(2)37(22(3)4,23(5)6)33-20-28(27(13)18-19-31(34)35-14)32-29(33)16-15-17-30(32)36-38(24(7)8,25(9)10)26(11)12/h15-27H,1-14H3/b19-18-. The summed E-state index contributed by atoms with van der Waals surface area (Å²) in [4.78, 5) is 12.0. The van der Waals surface area contributed by atoms with Crippen LogP contribution in [0.3, 0.4) is 0 Å². The van der Waals surface area contributed by atoms with E-state index in [4.69, 9.17) is 9.16 Å². The minimum atomic E-state index is -2.18. The second kappa shape index (κ2) is 12.6. The van der Waals surface area contributed by atoms with Gasteiger partial charge in [0.15, 0.2) is 8.24 Å². The second-order valence-electron chi connectivity index (χ2n) is 13.0. The molecule has 0 fully saturated rings. The molecule has 214 valence electrons. The number of rotatable bonds is 12. The monoisotopic (exact) mass is 557 g/mol. The molecule has 1 atom stereocenters. The Labute approximate surface area is 235 Å². The van der Waals surface area contributed by atoms with E-state index in [1.54, 1.807) is 6.08 Å². The first-order valence-electron chi connectivity index (χ1n) is 14.7. The Morgan fingerprint density at radius 2 is 1.29 bits per heavy atom. The third-order valence-electron chi connectivity index (χ3n) is 9.22. The zero-order valence-electron chi connectivity index (χ0n) is 26.7. The molecule has 2 aromatic rings. The number of carbonyl (C=O) groups excluding carboxylic acids is 1. The quantitative estimate of drug-likeness (QED) is 0.148. The summed E-state index contributed by atoms with van der Waals surface area (Å²) in [7, 11) is -2.79. The molecule has 0 spiro atoms. The molecular weight excluding hydrogens is 503 g/mol. The molecule has 0 saturated carbocycles. The van der Waals surface area contributed by atoms with Crippen LogP contribution < -0.4 is 4.43 Å². The Kier molecular flexibility index (Phi) is 10.7. The van der Waals surface area contributed by atoms with Gasteiger partial charge in [0, 0.05) is 29.1 Å². The SMILES string of the molecule is COC(=O)/C=C\C(C)c1cn([Si](C(C)C)(C(C)C)C(C)C)c2cccc(O[Si](C(C)C)(C(C)C)C(C)C)c12. The minimum absolute atomic E-state index is 0.0361. The molecule has 0 radical (unpaired) electrons. The first-order chi connectivity index (χ1) is 17.6. The average Bonchev–Trinajstić information content (AvgIpc) is 3.20. The normalized spacial score (nSPS) is 14.3. The van der Waals surface area contributed by atoms with Crippen LogP contribution >= 0.6 is 0 Å². The van der Waals surface area contributed by atoms with Gasteiger partial charge in [-0.25, -0.2) is 4.79 Å². The van der Waals surface area contributed by atoms with Gasteiger partial charge < -0.3 is 13.4 Å². The van der Waals surface area contributed by atoms with E-state index in [1.165, 1.54) is 23.6 Å². The Morgan fingerprint density at radius 3 is 1.71 bits per heavy atom. The second-order valence-corrected chi connectivity index (χ2v) is 24.1. The number of benzene rings is 1. The maximum Gasteiger partial charge on any atom is 0.330 e. The highest BCUT2D eigenvalue weighted by Crippen LogP contribution is 2.49. The predicted octanol–water partition coefficient (Wildman–Crippen LogP) is 10.1. The number of hydrogen-bond donors (Lipinski definition) is 0. The summed E-state index contributed by atoms with van der Waals surface area (Å²) >= 11 is 0. The third-order valence-corrected chi connectivity index (χ3v) is 22.0. The largest absolute Gasteiger partial charge is 0.542 e. The van der Waals surface area contributed by atoms with Gasteiger partial charge in [0.2, 0.25) is 0 Å². The Balaban J connectivity index is 3.02. The molecule has 1 aromatic heterocycles. The Morgan fingerprint density at radius 1 is 0.789 bits per heavy atom. The van der Waals surface area contributed by atoms with Crippen molar-refractivity contribution in [3.05, 3.63) is 42.1 Å². The number of nitrogens with zero attached hydrogens (tertiary/aromatic N) is 1. The van der Waals surface area contributed by atoms with E-state index in [0.29, 0.717) is 33.2 Å². The van der Waals surface area contributed by atoms with Crippen LogP contribution in [0.5, 0.6) is 5.75 Å². The lowest BCUT2D eigenvalue weighted by Crippen LogP contribution is -2.51. The Hall–Kier alpha value is -1.80. The highest BCUT2D eigenvalue weighted by molar-refractivity contribution is 6.82. The highest BCUT2D eigenvalue weighted by atomic mass is 28.4. The van der Waals surface area contributed by atoms with Crippen molar-refractivity contribution in [3.8, 4) is 5.75 Å². The van der Waals surface area contributed by atoms with Crippen molar-refractivity contribution < 1.29 is 14.0 Å². The van der Waals surface area contributed by atoms with Crippen LogP contribution in [-0.4, -0.2) is 33.9 Å². The van der Waals surface area contributed by atoms with Gasteiger partial charge in [0.05, 0.1) is 7.11 Å². The van der Waals surface area contributed by atoms with E-state index in [1.807, 2.05) is 6.08 Å². The van der Waals surface area contributed by atoms with Gasteiger partial charge in [0.1, 0.15) is 5.75 Å². The molecule has 0 N–H and O–H groups in total. The first-order valence-corrected chi connectivity index (χ1v) is 19.0. The zero-order chi connectivity index (χ0) is 29.2. The maximum atomic E-state index is 12.0. The van der Waals surface area contributed by atoms with Gasteiger partial charge in [-0.1, -0.05) is 102 Å². The number of allylic oxidation sites excluding steroid dienone is 1. The fourth-order valence-corrected chi connectivity index (χ4v) is 19.7. The summed E-state index contributed by atoms with van der Waals surface area (Å²) < 4.78 is 15.0. The number of methoxy groups -OCH3 is 1. The summed E-state index contributed by atoms with van der Waals surface area (Å²) in [6.07, 6.45) is 5.95. The van der Waals surface area contributed by atoms with E-state index in [2.05, 4.69) is 119 Å². The summed E-state index contributed by atoms with van der Waals surface area (Å²) in [5, 5.41) is 1.21. The molecule has 38 heavy (non-hydrogen) atoms. The molecule has 1 heterocycles. The van der Waals surface area contributed by atoms with Gasteiger partial charge >= 0.3 is 5.97 Å². The van der Waals surface area contributed by atoms with Crippen LogP contribution in [0.1, 0.15) is 101 Å². The fourth-order valence-electron chi connectivity index (χ4n) is 7.81. The maximum absolute atomic E-state index is 12.0. The van der Waals surface area contributed by atoms with Crippen LogP contribution in [-0.2, 0) is 9.53 Å². The lowest BCUT2D eigenvalue weighted by molar-refractivity contribution is -0.134. The molecule has 0 bridgehead atoms. The van der Waals surface area contributed by atoms with Crippen LogP contribution in [0, 0.1) is 0 Å². The zero-order valence-corrected chi connectivity index (χ0v) is 28.7. The molecule has 1 aromatic carbocycles. The van der Waals surface area contributed by atoms with Crippen LogP contribution in [0.25, 0.3) is 10.9 Å². The summed E-state index contributed by atoms with van der Waals surface area (Å²) in [5.74, 6) is 0.726. The smallest absolute Gasteiger partial charge is 0.330 e. The van der Waals surface area contributed by atoms with Gasteiger partial charge in [-0.3, -0.25) is 0 Å². The molecule has 4 nitrogen and oxygen atoms in total. The molecule has 0 amide bonds. The summed E-state index contributed by atoms with van der Waals surface area (Å²) in [5.41, 5.74) is 5.64. The predicted molar refractivity (Wildman–Crippen MR) is 170 cm³/mol. The highest BCUT2D eigenvalue weighted by Gasteiger charge is 2.49. The van der Waals surface area contributed by atoms with Crippen molar-refractivity contribution >= 4 is 33.4 Å². The Bertz CT molecular complexity index is 1070. The van der Waals surface area contributed by atoms with Crippen molar-refractivity contribution in [2.24, 2.45) is 0 Å². The van der Waals surface area contributed by atoms with Crippen molar-refractivity contribution in [1.29, 1.82) is 0 Å². The molecule has 1 unspecified atom stereocenters. The van der Waals surface area contributed by atoms with Gasteiger partial charge in [0.25, 0.3) is 8.32 Å². The molecule has 2 rings (SSSR count). The van der Waals surface area contributed by atoms with Crippen LogP contribution in [0.15, 0.2) is 36.5 Å². The van der Waals surface area contributed by atoms with Gasteiger partial charge in [-0.05, 0) is 50.9 Å². The summed E-state index contributed by atoms with van der Waals surface area (Å²) in [6.45, 7) is 30.7. The average molecular weight is 558 g/mol. The molecule has 0 aliphatic heterocycles. The lowest BCUT2D eigenvalue weighted by atomic mass is 9.99. The summed E-state index contributed by atoms with van der Waals surface area (Å²) in [6, 6.07) is 6.67. The molecule has 0 aliphatic carbocycles. The number of aromatic nitrogens is 1. The first kappa shape index (κ1) is 32.4. The number of ether oxygens (including phenoxy) is 1. The number of hydrogen-bond acceptors (Lipinski definition) is 3. The van der Waals surface area contributed by atoms with Gasteiger partial charge in [-0.15, -0.1) is 0 Å².